The van der Waals surface area contributed by atoms with Gasteiger partial charge in [-0.15, -0.1) is 0 Å². The van der Waals surface area contributed by atoms with Crippen LogP contribution < -0.4 is 14.8 Å². The SMILES string of the molecule is CCCOc1ccc(/C=C/C(=O)Nc2ccc(OCCN3CCOCC3)nc2)cc1. The molecule has 7 nitrogen and oxygen atoms in total. The number of hydrogen-bond acceptors (Lipinski definition) is 6. The van der Waals surface area contributed by atoms with Crippen LogP contribution in [0.5, 0.6) is 11.6 Å². The number of morpholine rings is 1. The number of rotatable bonds is 10. The maximum absolute atomic E-state index is 12.1. The summed E-state index contributed by atoms with van der Waals surface area (Å²) in [5.74, 6) is 1.16. The molecule has 30 heavy (non-hydrogen) atoms. The molecule has 0 aliphatic carbocycles. The summed E-state index contributed by atoms with van der Waals surface area (Å²) in [6, 6.07) is 11.2. The molecule has 2 heterocycles. The third-order valence-corrected chi connectivity index (χ3v) is 4.55. The quantitative estimate of drug-likeness (QED) is 0.605. The third-order valence-electron chi connectivity index (χ3n) is 4.55. The topological polar surface area (TPSA) is 72.9 Å². The fourth-order valence-corrected chi connectivity index (χ4v) is 2.89. The van der Waals surface area contributed by atoms with Crippen molar-refractivity contribution >= 4 is 17.7 Å². The normalized spacial score (nSPS) is 14.6. The lowest BCUT2D eigenvalue weighted by Crippen LogP contribution is -2.38. The molecule has 0 bridgehead atoms. The number of pyridine rings is 1. The summed E-state index contributed by atoms with van der Waals surface area (Å²) < 4.78 is 16.6. The van der Waals surface area contributed by atoms with Crippen molar-refractivity contribution in [1.82, 2.24) is 9.88 Å². The highest BCUT2D eigenvalue weighted by molar-refractivity contribution is 6.01. The number of anilines is 1. The molecule has 0 spiro atoms. The Morgan fingerprint density at radius 1 is 1.13 bits per heavy atom. The lowest BCUT2D eigenvalue weighted by molar-refractivity contribution is -0.111. The van der Waals surface area contributed by atoms with Gasteiger partial charge in [0.05, 0.1) is 31.7 Å². The van der Waals surface area contributed by atoms with E-state index >= 15 is 0 Å². The molecule has 1 aliphatic heterocycles. The van der Waals surface area contributed by atoms with Crippen molar-refractivity contribution < 1.29 is 19.0 Å². The number of hydrogen-bond donors (Lipinski definition) is 1. The molecule has 1 amide bonds. The maximum atomic E-state index is 12.1. The van der Waals surface area contributed by atoms with Gasteiger partial charge in [-0.2, -0.15) is 0 Å². The molecule has 0 unspecified atom stereocenters. The van der Waals surface area contributed by atoms with Crippen LogP contribution in [0.15, 0.2) is 48.7 Å². The molecule has 0 radical (unpaired) electrons. The minimum atomic E-state index is -0.218. The summed E-state index contributed by atoms with van der Waals surface area (Å²) in [4.78, 5) is 18.7. The van der Waals surface area contributed by atoms with Crippen molar-refractivity contribution in [3.05, 3.63) is 54.2 Å². The van der Waals surface area contributed by atoms with Gasteiger partial charge in [0.2, 0.25) is 11.8 Å². The van der Waals surface area contributed by atoms with Gasteiger partial charge in [0.15, 0.2) is 0 Å². The van der Waals surface area contributed by atoms with Crippen molar-refractivity contribution in [1.29, 1.82) is 0 Å². The zero-order chi connectivity index (χ0) is 21.0. The second-order valence-corrected chi connectivity index (χ2v) is 6.93. The summed E-state index contributed by atoms with van der Waals surface area (Å²) in [6.45, 7) is 7.61. The van der Waals surface area contributed by atoms with Gasteiger partial charge in [0.1, 0.15) is 12.4 Å². The van der Waals surface area contributed by atoms with Crippen molar-refractivity contribution in [3.8, 4) is 11.6 Å². The monoisotopic (exact) mass is 411 g/mol. The molecular weight excluding hydrogens is 382 g/mol. The average molecular weight is 412 g/mol. The van der Waals surface area contributed by atoms with Crippen molar-refractivity contribution in [2.45, 2.75) is 13.3 Å². The minimum Gasteiger partial charge on any atom is -0.494 e. The molecule has 1 saturated heterocycles. The van der Waals surface area contributed by atoms with Gasteiger partial charge in [0.25, 0.3) is 0 Å². The Labute approximate surface area is 177 Å². The Morgan fingerprint density at radius 3 is 2.63 bits per heavy atom. The molecule has 7 heteroatoms. The average Bonchev–Trinajstić information content (AvgIpc) is 2.79. The van der Waals surface area contributed by atoms with Gasteiger partial charge < -0.3 is 19.5 Å². The summed E-state index contributed by atoms with van der Waals surface area (Å²) in [7, 11) is 0. The van der Waals surface area contributed by atoms with Crippen LogP contribution in [0.1, 0.15) is 18.9 Å². The predicted octanol–water partition coefficient (Wildman–Crippen LogP) is 3.23. The van der Waals surface area contributed by atoms with E-state index in [1.165, 1.54) is 6.08 Å². The number of ether oxygens (including phenoxy) is 3. The largest absolute Gasteiger partial charge is 0.494 e. The van der Waals surface area contributed by atoms with Gasteiger partial charge in [-0.05, 0) is 36.3 Å². The highest BCUT2D eigenvalue weighted by Gasteiger charge is 2.10. The minimum absolute atomic E-state index is 0.218. The Bertz CT molecular complexity index is 800. The first-order chi connectivity index (χ1) is 14.7. The van der Waals surface area contributed by atoms with Gasteiger partial charge >= 0.3 is 0 Å². The Hall–Kier alpha value is -2.90. The predicted molar refractivity (Wildman–Crippen MR) is 117 cm³/mol. The van der Waals surface area contributed by atoms with Gasteiger partial charge in [-0.1, -0.05) is 19.1 Å². The van der Waals surface area contributed by atoms with E-state index in [4.69, 9.17) is 14.2 Å². The Morgan fingerprint density at radius 2 is 1.93 bits per heavy atom. The van der Waals surface area contributed by atoms with Crippen LogP contribution >= 0.6 is 0 Å². The fraction of sp³-hybridized carbons (Fsp3) is 0.391. The number of amides is 1. The fourth-order valence-electron chi connectivity index (χ4n) is 2.89. The lowest BCUT2D eigenvalue weighted by Gasteiger charge is -2.26. The molecule has 1 aromatic heterocycles. The zero-order valence-electron chi connectivity index (χ0n) is 17.4. The number of carbonyl (C=O) groups excluding carboxylic acids is 1. The second kappa shape index (κ2) is 11.9. The van der Waals surface area contributed by atoms with Crippen LogP contribution in [-0.4, -0.2) is 61.9 Å². The number of carbonyl (C=O) groups is 1. The van der Waals surface area contributed by atoms with Crippen LogP contribution in [-0.2, 0) is 9.53 Å². The molecule has 1 N–H and O–H groups in total. The van der Waals surface area contributed by atoms with Gasteiger partial charge in [-0.25, -0.2) is 4.98 Å². The van der Waals surface area contributed by atoms with Crippen LogP contribution in [0, 0.1) is 0 Å². The molecule has 2 aromatic rings. The first-order valence-corrected chi connectivity index (χ1v) is 10.3. The van der Waals surface area contributed by atoms with Crippen LogP contribution in [0.4, 0.5) is 5.69 Å². The van der Waals surface area contributed by atoms with E-state index < -0.39 is 0 Å². The van der Waals surface area contributed by atoms with Crippen molar-refractivity contribution in [2.75, 3.05) is 51.4 Å². The van der Waals surface area contributed by atoms with Crippen molar-refractivity contribution in [3.63, 3.8) is 0 Å². The van der Waals surface area contributed by atoms with E-state index in [1.807, 2.05) is 24.3 Å². The number of benzene rings is 1. The Balaban J connectivity index is 1.40. The standard InChI is InChI=1S/C23H29N3O4/c1-2-14-29-21-7-3-19(4-8-21)5-9-22(27)25-20-6-10-23(24-18-20)30-17-13-26-11-15-28-16-12-26/h3-10,18H,2,11-17H2,1H3,(H,25,27)/b9-5+. The van der Waals surface area contributed by atoms with E-state index in [-0.39, 0.29) is 5.91 Å². The molecule has 3 rings (SSSR count). The Kier molecular flexibility index (Phi) is 8.68. The van der Waals surface area contributed by atoms with Crippen LogP contribution in [0.3, 0.4) is 0 Å². The summed E-state index contributed by atoms with van der Waals surface area (Å²) >= 11 is 0. The number of nitrogens with zero attached hydrogens (tertiary/aromatic N) is 2. The molecule has 1 fully saturated rings. The van der Waals surface area contributed by atoms with E-state index in [1.54, 1.807) is 24.4 Å². The highest BCUT2D eigenvalue weighted by atomic mass is 16.5. The summed E-state index contributed by atoms with van der Waals surface area (Å²) in [6.07, 6.45) is 5.82. The van der Waals surface area contributed by atoms with Crippen molar-refractivity contribution in [2.24, 2.45) is 0 Å². The number of aromatic nitrogens is 1. The summed E-state index contributed by atoms with van der Waals surface area (Å²) in [5.41, 5.74) is 1.55. The highest BCUT2D eigenvalue weighted by Crippen LogP contribution is 2.14. The molecule has 0 saturated carbocycles. The van der Waals surface area contributed by atoms with Gasteiger partial charge in [-0.3, -0.25) is 9.69 Å². The number of nitrogens with one attached hydrogen (secondary N) is 1. The van der Waals surface area contributed by atoms with E-state index in [0.29, 0.717) is 24.8 Å². The van der Waals surface area contributed by atoms with E-state index in [0.717, 1.165) is 50.6 Å². The molecule has 160 valence electrons. The first kappa shape index (κ1) is 21.8. The molecule has 1 aromatic carbocycles. The molecule has 0 atom stereocenters. The van der Waals surface area contributed by atoms with Gasteiger partial charge in [0, 0.05) is 31.8 Å². The van der Waals surface area contributed by atoms with E-state index in [2.05, 4.69) is 22.1 Å². The maximum Gasteiger partial charge on any atom is 0.248 e. The first-order valence-electron chi connectivity index (χ1n) is 10.3. The molecule has 1 aliphatic rings. The lowest BCUT2D eigenvalue weighted by atomic mass is 10.2. The van der Waals surface area contributed by atoms with E-state index in [9.17, 15) is 4.79 Å². The summed E-state index contributed by atoms with van der Waals surface area (Å²) in [5, 5.41) is 2.80. The molecular formula is C23H29N3O4. The third kappa shape index (κ3) is 7.50. The zero-order valence-corrected chi connectivity index (χ0v) is 17.4. The van der Waals surface area contributed by atoms with Crippen LogP contribution in [0.25, 0.3) is 6.08 Å². The smallest absolute Gasteiger partial charge is 0.248 e. The van der Waals surface area contributed by atoms with Crippen LogP contribution in [0.2, 0.25) is 0 Å². The second-order valence-electron chi connectivity index (χ2n) is 6.93.